The highest BCUT2D eigenvalue weighted by Gasteiger charge is 2.51. The summed E-state index contributed by atoms with van der Waals surface area (Å²) in [5.41, 5.74) is 0. The first-order valence-corrected chi connectivity index (χ1v) is 5.51. The fourth-order valence-electron chi connectivity index (χ4n) is 2.13. The SMILES string of the molecule is CC1[C@@H]2OC(C)(C)OC2O[C@@H](C)[C@H]1O.O=C=O. The third-order valence-corrected chi connectivity index (χ3v) is 2.97. The Morgan fingerprint density at radius 1 is 1.18 bits per heavy atom. The fourth-order valence-corrected chi connectivity index (χ4v) is 2.13. The van der Waals surface area contributed by atoms with Crippen molar-refractivity contribution in [3.8, 4) is 0 Å². The van der Waals surface area contributed by atoms with Crippen LogP contribution in [0, 0.1) is 5.92 Å². The molecule has 0 aromatic rings. The maximum absolute atomic E-state index is 9.80. The molecule has 2 aliphatic rings. The molecular weight excluding hydrogens is 228 g/mol. The number of rotatable bonds is 0. The van der Waals surface area contributed by atoms with E-state index in [1.165, 1.54) is 0 Å². The molecule has 2 rings (SSSR count). The fraction of sp³-hybridized carbons (Fsp3) is 0.909. The molecule has 2 fully saturated rings. The van der Waals surface area contributed by atoms with Crippen molar-refractivity contribution >= 4 is 6.15 Å². The summed E-state index contributed by atoms with van der Waals surface area (Å²) in [7, 11) is 0. The lowest BCUT2D eigenvalue weighted by Gasteiger charge is -2.37. The van der Waals surface area contributed by atoms with E-state index < -0.39 is 11.9 Å². The molecule has 2 saturated heterocycles. The van der Waals surface area contributed by atoms with Crippen LogP contribution in [-0.2, 0) is 23.8 Å². The zero-order chi connectivity index (χ0) is 13.2. The Hall–Kier alpha value is -0.780. The lowest BCUT2D eigenvalue weighted by Crippen LogP contribution is -2.50. The number of hydrogen-bond donors (Lipinski definition) is 1. The second-order valence-corrected chi connectivity index (χ2v) is 4.74. The lowest BCUT2D eigenvalue weighted by molar-refractivity contribution is -0.233. The van der Waals surface area contributed by atoms with E-state index in [2.05, 4.69) is 0 Å². The molecule has 0 aromatic heterocycles. The van der Waals surface area contributed by atoms with Crippen molar-refractivity contribution in [3.63, 3.8) is 0 Å². The van der Waals surface area contributed by atoms with Crippen molar-refractivity contribution in [2.75, 3.05) is 0 Å². The van der Waals surface area contributed by atoms with E-state index in [4.69, 9.17) is 23.8 Å². The van der Waals surface area contributed by atoms with Gasteiger partial charge < -0.3 is 19.3 Å². The second kappa shape index (κ2) is 5.25. The van der Waals surface area contributed by atoms with Crippen molar-refractivity contribution in [3.05, 3.63) is 0 Å². The van der Waals surface area contributed by atoms with Gasteiger partial charge >= 0.3 is 6.15 Å². The van der Waals surface area contributed by atoms with Gasteiger partial charge in [-0.2, -0.15) is 9.59 Å². The zero-order valence-electron chi connectivity index (χ0n) is 10.4. The highest BCUT2D eigenvalue weighted by Crippen LogP contribution is 2.38. The summed E-state index contributed by atoms with van der Waals surface area (Å²) in [5, 5.41) is 9.80. The molecule has 2 heterocycles. The molecule has 0 amide bonds. The molecule has 98 valence electrons. The van der Waals surface area contributed by atoms with E-state index in [-0.39, 0.29) is 30.6 Å². The predicted octanol–water partition coefficient (Wildman–Crippen LogP) is 0.296. The Morgan fingerprint density at radius 2 is 1.71 bits per heavy atom. The van der Waals surface area contributed by atoms with E-state index in [9.17, 15) is 5.11 Å². The van der Waals surface area contributed by atoms with Gasteiger partial charge in [0.15, 0.2) is 12.1 Å². The molecular formula is C11H18O6. The third kappa shape index (κ3) is 3.12. The van der Waals surface area contributed by atoms with Crippen molar-refractivity contribution in [2.45, 2.75) is 58.1 Å². The van der Waals surface area contributed by atoms with Gasteiger partial charge in [-0.15, -0.1) is 0 Å². The van der Waals surface area contributed by atoms with Gasteiger partial charge in [-0.05, 0) is 20.8 Å². The number of hydrogen-bond acceptors (Lipinski definition) is 6. The summed E-state index contributed by atoms with van der Waals surface area (Å²) in [6.07, 6.45) is -0.910. The van der Waals surface area contributed by atoms with Crippen LogP contribution in [0.25, 0.3) is 0 Å². The molecule has 17 heavy (non-hydrogen) atoms. The Bertz CT molecular complexity index is 296. The van der Waals surface area contributed by atoms with E-state index in [0.29, 0.717) is 0 Å². The normalized spacial score (nSPS) is 43.0. The topological polar surface area (TPSA) is 82.1 Å². The minimum Gasteiger partial charge on any atom is -0.390 e. The van der Waals surface area contributed by atoms with Crippen LogP contribution in [0.5, 0.6) is 0 Å². The first-order chi connectivity index (χ1) is 7.82. The number of ether oxygens (including phenoxy) is 3. The Kier molecular flexibility index (Phi) is 4.41. The van der Waals surface area contributed by atoms with E-state index >= 15 is 0 Å². The summed E-state index contributed by atoms with van der Waals surface area (Å²) >= 11 is 0. The van der Waals surface area contributed by atoms with Crippen LogP contribution in [0.1, 0.15) is 27.7 Å². The molecule has 0 spiro atoms. The summed E-state index contributed by atoms with van der Waals surface area (Å²) in [5.74, 6) is -0.557. The van der Waals surface area contributed by atoms with Crippen LogP contribution >= 0.6 is 0 Å². The molecule has 6 heteroatoms. The maximum atomic E-state index is 9.80. The summed E-state index contributed by atoms with van der Waals surface area (Å²) in [6.45, 7) is 7.54. The predicted molar refractivity (Wildman–Crippen MR) is 54.5 cm³/mol. The molecule has 1 N–H and O–H groups in total. The first-order valence-electron chi connectivity index (χ1n) is 5.51. The largest absolute Gasteiger partial charge is 0.390 e. The molecule has 5 atom stereocenters. The van der Waals surface area contributed by atoms with E-state index in [1.807, 2.05) is 27.7 Å². The Balaban J connectivity index is 0.000000437. The van der Waals surface area contributed by atoms with Gasteiger partial charge in [0.05, 0.1) is 12.2 Å². The van der Waals surface area contributed by atoms with E-state index in [0.717, 1.165) is 0 Å². The molecule has 0 aromatic carbocycles. The van der Waals surface area contributed by atoms with E-state index in [1.54, 1.807) is 0 Å². The van der Waals surface area contributed by atoms with Gasteiger partial charge in [-0.1, -0.05) is 6.92 Å². The summed E-state index contributed by atoms with van der Waals surface area (Å²) in [4.78, 5) is 16.2. The first kappa shape index (κ1) is 14.3. The van der Waals surface area contributed by atoms with Crippen molar-refractivity contribution < 1.29 is 28.9 Å². The number of fused-ring (bicyclic) bond motifs is 1. The molecule has 0 radical (unpaired) electrons. The quantitative estimate of drug-likeness (QED) is 0.661. The van der Waals surface area contributed by atoms with Gasteiger partial charge in [0.1, 0.15) is 6.10 Å². The molecule has 0 aliphatic carbocycles. The van der Waals surface area contributed by atoms with Crippen LogP contribution in [0.3, 0.4) is 0 Å². The number of carbonyl (C=O) groups excluding carboxylic acids is 2. The molecule has 0 bridgehead atoms. The summed E-state index contributed by atoms with van der Waals surface area (Å²) < 4.78 is 16.8. The summed E-state index contributed by atoms with van der Waals surface area (Å²) in [6, 6.07) is 0. The van der Waals surface area contributed by atoms with Gasteiger partial charge in [-0.3, -0.25) is 0 Å². The zero-order valence-corrected chi connectivity index (χ0v) is 10.4. The highest BCUT2D eigenvalue weighted by molar-refractivity contribution is 5.20. The Morgan fingerprint density at radius 3 is 2.24 bits per heavy atom. The van der Waals surface area contributed by atoms with Crippen molar-refractivity contribution in [2.24, 2.45) is 5.92 Å². The van der Waals surface area contributed by atoms with Crippen LogP contribution in [0.2, 0.25) is 0 Å². The number of aliphatic hydroxyl groups is 1. The van der Waals surface area contributed by atoms with Crippen LogP contribution < -0.4 is 0 Å². The molecule has 2 aliphatic heterocycles. The molecule has 0 saturated carbocycles. The maximum Gasteiger partial charge on any atom is 0.373 e. The lowest BCUT2D eigenvalue weighted by atomic mass is 9.91. The van der Waals surface area contributed by atoms with Gasteiger partial charge in [0.25, 0.3) is 0 Å². The average Bonchev–Trinajstić information content (AvgIpc) is 2.51. The second-order valence-electron chi connectivity index (χ2n) is 4.74. The van der Waals surface area contributed by atoms with Crippen LogP contribution in [0.4, 0.5) is 0 Å². The third-order valence-electron chi connectivity index (χ3n) is 2.97. The van der Waals surface area contributed by atoms with Crippen LogP contribution in [0.15, 0.2) is 0 Å². The number of aliphatic hydroxyl groups excluding tert-OH is 1. The smallest absolute Gasteiger partial charge is 0.373 e. The highest BCUT2D eigenvalue weighted by atomic mass is 16.8. The van der Waals surface area contributed by atoms with Crippen molar-refractivity contribution in [1.82, 2.24) is 0 Å². The van der Waals surface area contributed by atoms with Crippen molar-refractivity contribution in [1.29, 1.82) is 0 Å². The standard InChI is InChI=1S/C10H18O4.CO2/c1-5-7(11)6(2)12-9-8(5)13-10(3,4)14-9;2-1-3/h5-9,11H,1-4H3;/t5?,6-,7-,8-,9?;/m0./s1. The molecule has 6 nitrogen and oxygen atoms in total. The van der Waals surface area contributed by atoms with Gasteiger partial charge in [0.2, 0.25) is 0 Å². The van der Waals surface area contributed by atoms with Gasteiger partial charge in [-0.25, -0.2) is 0 Å². The minimum atomic E-state index is -0.604. The monoisotopic (exact) mass is 246 g/mol. The molecule has 2 unspecified atom stereocenters. The van der Waals surface area contributed by atoms with Crippen LogP contribution in [-0.4, -0.2) is 41.6 Å². The Labute approximate surface area is 99.8 Å². The van der Waals surface area contributed by atoms with Gasteiger partial charge in [0, 0.05) is 5.92 Å². The minimum absolute atomic E-state index is 0.0468. The average molecular weight is 246 g/mol.